The third-order valence-corrected chi connectivity index (χ3v) is 4.71. The third kappa shape index (κ3) is 5.94. The normalized spacial score (nSPS) is 25.0. The molecule has 19 heavy (non-hydrogen) atoms. The summed E-state index contributed by atoms with van der Waals surface area (Å²) in [5.41, 5.74) is 5.60. The first kappa shape index (κ1) is 16.5. The zero-order valence-electron chi connectivity index (χ0n) is 12.8. The van der Waals surface area contributed by atoms with E-state index in [1.807, 2.05) is 0 Å². The van der Waals surface area contributed by atoms with Gasteiger partial charge < -0.3 is 11.1 Å². The summed E-state index contributed by atoms with van der Waals surface area (Å²) in [5, 5.41) is 3.27. The summed E-state index contributed by atoms with van der Waals surface area (Å²) in [7, 11) is 0. The number of nitrogens with two attached hydrogens (primary N) is 1. The lowest BCUT2D eigenvalue weighted by Crippen LogP contribution is -2.41. The number of hydrogen-bond donors (Lipinski definition) is 2. The molecular formula is C16H32N2O. The molecule has 3 heteroatoms. The largest absolute Gasteiger partial charge is 0.353 e. The zero-order valence-corrected chi connectivity index (χ0v) is 12.8. The molecule has 0 saturated heterocycles. The lowest BCUT2D eigenvalue weighted by Gasteiger charge is -2.31. The van der Waals surface area contributed by atoms with Gasteiger partial charge in [-0.1, -0.05) is 39.5 Å². The van der Waals surface area contributed by atoms with E-state index in [1.54, 1.807) is 0 Å². The summed E-state index contributed by atoms with van der Waals surface area (Å²) in [6.07, 6.45) is 10.1. The van der Waals surface area contributed by atoms with Crippen molar-refractivity contribution in [3.05, 3.63) is 0 Å². The van der Waals surface area contributed by atoms with E-state index in [1.165, 1.54) is 32.1 Å². The zero-order chi connectivity index (χ0) is 14.1. The van der Waals surface area contributed by atoms with Crippen molar-refractivity contribution in [3.8, 4) is 0 Å². The van der Waals surface area contributed by atoms with Gasteiger partial charge in [0.1, 0.15) is 0 Å². The van der Waals surface area contributed by atoms with Crippen LogP contribution in [0.4, 0.5) is 0 Å². The van der Waals surface area contributed by atoms with E-state index in [2.05, 4.69) is 19.2 Å². The van der Waals surface area contributed by atoms with Crippen molar-refractivity contribution in [1.82, 2.24) is 5.32 Å². The molecule has 0 aromatic heterocycles. The van der Waals surface area contributed by atoms with Gasteiger partial charge in [0.15, 0.2) is 0 Å². The fourth-order valence-electron chi connectivity index (χ4n) is 3.29. The van der Waals surface area contributed by atoms with Crippen molar-refractivity contribution in [3.63, 3.8) is 0 Å². The van der Waals surface area contributed by atoms with Crippen LogP contribution in [0.25, 0.3) is 0 Å². The first-order chi connectivity index (χ1) is 9.21. The van der Waals surface area contributed by atoms with Gasteiger partial charge in [0.05, 0.1) is 0 Å². The number of carbonyl (C=O) groups is 1. The second kappa shape index (κ2) is 9.35. The number of nitrogens with one attached hydrogen (secondary N) is 1. The molecule has 0 spiro atoms. The Balaban J connectivity index is 2.29. The Kier molecular flexibility index (Phi) is 8.11. The van der Waals surface area contributed by atoms with E-state index in [0.29, 0.717) is 24.3 Å². The number of rotatable bonds is 8. The van der Waals surface area contributed by atoms with E-state index < -0.39 is 0 Å². The predicted molar refractivity (Wildman–Crippen MR) is 80.9 cm³/mol. The SMILES string of the molecule is CCC(CCN)CCC(=O)NC1CCCCC1CC. The molecule has 0 heterocycles. The third-order valence-electron chi connectivity index (χ3n) is 4.71. The minimum absolute atomic E-state index is 0.251. The van der Waals surface area contributed by atoms with Gasteiger partial charge in [-0.15, -0.1) is 0 Å². The lowest BCUT2D eigenvalue weighted by atomic mass is 9.83. The molecule has 0 bridgehead atoms. The van der Waals surface area contributed by atoms with Crippen LogP contribution in [0.2, 0.25) is 0 Å². The van der Waals surface area contributed by atoms with Crippen LogP contribution in [0.15, 0.2) is 0 Å². The summed E-state index contributed by atoms with van der Waals surface area (Å²) >= 11 is 0. The van der Waals surface area contributed by atoms with Crippen molar-refractivity contribution in [2.75, 3.05) is 6.54 Å². The van der Waals surface area contributed by atoms with Crippen LogP contribution in [0, 0.1) is 11.8 Å². The van der Waals surface area contributed by atoms with E-state index >= 15 is 0 Å². The highest BCUT2D eigenvalue weighted by atomic mass is 16.1. The Morgan fingerprint density at radius 1 is 1.26 bits per heavy atom. The van der Waals surface area contributed by atoms with E-state index in [9.17, 15) is 4.79 Å². The molecule has 3 unspecified atom stereocenters. The molecule has 0 aromatic rings. The minimum Gasteiger partial charge on any atom is -0.353 e. The first-order valence-electron chi connectivity index (χ1n) is 8.20. The van der Waals surface area contributed by atoms with Gasteiger partial charge in [-0.05, 0) is 44.1 Å². The summed E-state index contributed by atoms with van der Waals surface area (Å²) in [5.74, 6) is 1.56. The van der Waals surface area contributed by atoms with Gasteiger partial charge in [-0.3, -0.25) is 4.79 Å². The number of carbonyl (C=O) groups excluding carboxylic acids is 1. The molecule has 3 atom stereocenters. The van der Waals surface area contributed by atoms with Gasteiger partial charge in [-0.2, -0.15) is 0 Å². The van der Waals surface area contributed by atoms with Gasteiger partial charge in [0.2, 0.25) is 5.91 Å². The van der Waals surface area contributed by atoms with Crippen LogP contribution >= 0.6 is 0 Å². The van der Waals surface area contributed by atoms with Gasteiger partial charge >= 0.3 is 0 Å². The lowest BCUT2D eigenvalue weighted by molar-refractivity contribution is -0.122. The molecule has 1 saturated carbocycles. The predicted octanol–water partition coefficient (Wildman–Crippen LogP) is 3.23. The Bertz CT molecular complexity index is 255. The van der Waals surface area contributed by atoms with E-state index in [0.717, 1.165) is 25.8 Å². The fraction of sp³-hybridized carbons (Fsp3) is 0.938. The summed E-state index contributed by atoms with van der Waals surface area (Å²) < 4.78 is 0. The van der Waals surface area contributed by atoms with Crippen molar-refractivity contribution < 1.29 is 4.79 Å². The molecule has 0 aliphatic heterocycles. The Morgan fingerprint density at radius 3 is 2.63 bits per heavy atom. The topological polar surface area (TPSA) is 55.1 Å². The van der Waals surface area contributed by atoms with Gasteiger partial charge in [-0.25, -0.2) is 0 Å². The van der Waals surface area contributed by atoms with Crippen LogP contribution in [-0.4, -0.2) is 18.5 Å². The highest BCUT2D eigenvalue weighted by molar-refractivity contribution is 5.76. The molecule has 112 valence electrons. The summed E-state index contributed by atoms with van der Waals surface area (Å²) in [6.45, 7) is 5.16. The Labute approximate surface area is 118 Å². The van der Waals surface area contributed by atoms with Gasteiger partial charge in [0, 0.05) is 12.5 Å². The molecule has 1 amide bonds. The van der Waals surface area contributed by atoms with Crippen molar-refractivity contribution in [2.45, 2.75) is 77.7 Å². The molecule has 0 aromatic carbocycles. The maximum absolute atomic E-state index is 12.1. The molecule has 1 aliphatic rings. The van der Waals surface area contributed by atoms with Crippen LogP contribution in [-0.2, 0) is 4.79 Å². The highest BCUT2D eigenvalue weighted by Crippen LogP contribution is 2.27. The molecule has 1 aliphatic carbocycles. The molecular weight excluding hydrogens is 236 g/mol. The quantitative estimate of drug-likeness (QED) is 0.710. The fourth-order valence-corrected chi connectivity index (χ4v) is 3.29. The van der Waals surface area contributed by atoms with Crippen molar-refractivity contribution in [1.29, 1.82) is 0 Å². The average Bonchev–Trinajstić information content (AvgIpc) is 2.44. The van der Waals surface area contributed by atoms with Crippen molar-refractivity contribution >= 4 is 5.91 Å². The molecule has 1 rings (SSSR count). The Morgan fingerprint density at radius 2 is 2.00 bits per heavy atom. The van der Waals surface area contributed by atoms with E-state index in [4.69, 9.17) is 5.73 Å². The number of hydrogen-bond acceptors (Lipinski definition) is 2. The van der Waals surface area contributed by atoms with Crippen molar-refractivity contribution in [2.24, 2.45) is 17.6 Å². The standard InChI is InChI=1S/C16H32N2O/c1-3-13(11-12-17)9-10-16(19)18-15-8-6-5-7-14(15)4-2/h13-15H,3-12,17H2,1-2H3,(H,18,19). The minimum atomic E-state index is 0.251. The smallest absolute Gasteiger partial charge is 0.220 e. The van der Waals surface area contributed by atoms with Crippen LogP contribution in [0.1, 0.15) is 71.6 Å². The molecule has 0 radical (unpaired) electrons. The van der Waals surface area contributed by atoms with Crippen LogP contribution in [0.3, 0.4) is 0 Å². The molecule has 3 nitrogen and oxygen atoms in total. The van der Waals surface area contributed by atoms with E-state index in [-0.39, 0.29) is 5.91 Å². The first-order valence-corrected chi connectivity index (χ1v) is 8.20. The average molecular weight is 268 g/mol. The summed E-state index contributed by atoms with van der Waals surface area (Å²) in [4.78, 5) is 12.1. The van der Waals surface area contributed by atoms with Crippen LogP contribution < -0.4 is 11.1 Å². The highest BCUT2D eigenvalue weighted by Gasteiger charge is 2.24. The molecule has 1 fully saturated rings. The summed E-state index contributed by atoms with van der Waals surface area (Å²) in [6, 6.07) is 0.431. The molecule has 3 N–H and O–H groups in total. The maximum Gasteiger partial charge on any atom is 0.220 e. The number of amides is 1. The van der Waals surface area contributed by atoms with Gasteiger partial charge in [0.25, 0.3) is 0 Å². The monoisotopic (exact) mass is 268 g/mol. The second-order valence-electron chi connectivity index (χ2n) is 6.02. The second-order valence-corrected chi connectivity index (χ2v) is 6.02. The Hall–Kier alpha value is -0.570. The maximum atomic E-state index is 12.1. The van der Waals surface area contributed by atoms with Crippen LogP contribution in [0.5, 0.6) is 0 Å².